The lowest BCUT2D eigenvalue weighted by atomic mass is 10.1. The van der Waals surface area contributed by atoms with Crippen LogP contribution < -0.4 is 9.62 Å². The quantitative estimate of drug-likeness (QED) is 0.419. The number of para-hydroxylation sites is 1. The van der Waals surface area contributed by atoms with Crippen LogP contribution in [-0.2, 0) is 26.2 Å². The zero-order valence-electron chi connectivity index (χ0n) is 21.4. The molecule has 0 saturated carbocycles. The number of amides is 2. The van der Waals surface area contributed by atoms with Crippen LogP contribution in [0, 0.1) is 0 Å². The SMILES string of the molecule is C[C@@H](C(=O)NC(C)(C)C)N(Cc1ccccc1)C(=O)CN(c1ccccc1)S(=O)(=O)c1ccc(Cl)cc1. The van der Waals surface area contributed by atoms with E-state index in [4.69, 9.17) is 11.6 Å². The summed E-state index contributed by atoms with van der Waals surface area (Å²) in [6, 6.07) is 22.6. The monoisotopic (exact) mass is 541 g/mol. The number of carbonyl (C=O) groups is 2. The lowest BCUT2D eigenvalue weighted by Crippen LogP contribution is -2.54. The second-order valence-electron chi connectivity index (χ2n) is 9.72. The van der Waals surface area contributed by atoms with E-state index in [1.54, 1.807) is 37.3 Å². The third-order valence-electron chi connectivity index (χ3n) is 5.59. The van der Waals surface area contributed by atoms with Crippen molar-refractivity contribution in [2.75, 3.05) is 10.8 Å². The predicted octanol–water partition coefficient (Wildman–Crippen LogP) is 4.87. The maximum atomic E-state index is 13.8. The van der Waals surface area contributed by atoms with Crippen LogP contribution in [0.3, 0.4) is 0 Å². The molecule has 0 fully saturated rings. The minimum Gasteiger partial charge on any atom is -0.350 e. The van der Waals surface area contributed by atoms with E-state index in [2.05, 4.69) is 5.32 Å². The van der Waals surface area contributed by atoms with Gasteiger partial charge in [0.15, 0.2) is 0 Å². The Hall–Kier alpha value is -3.36. The molecule has 7 nitrogen and oxygen atoms in total. The van der Waals surface area contributed by atoms with Gasteiger partial charge in [0.05, 0.1) is 10.6 Å². The van der Waals surface area contributed by atoms with Crippen molar-refractivity contribution in [3.8, 4) is 0 Å². The van der Waals surface area contributed by atoms with Gasteiger partial charge in [0, 0.05) is 17.1 Å². The average molecular weight is 542 g/mol. The van der Waals surface area contributed by atoms with Gasteiger partial charge in [-0.1, -0.05) is 60.1 Å². The van der Waals surface area contributed by atoms with E-state index in [1.165, 1.54) is 29.2 Å². The summed E-state index contributed by atoms with van der Waals surface area (Å²) >= 11 is 5.96. The van der Waals surface area contributed by atoms with E-state index < -0.39 is 34.1 Å². The number of sulfonamides is 1. The molecular weight excluding hydrogens is 510 g/mol. The number of halogens is 1. The standard InChI is InChI=1S/C28H32ClN3O4S/c1-21(27(34)30-28(2,3)4)31(19-22-11-7-5-8-12-22)26(33)20-32(24-13-9-6-10-14-24)37(35,36)25-17-15-23(29)16-18-25/h5-18,21H,19-20H2,1-4H3,(H,30,34)/t21-/m0/s1. The van der Waals surface area contributed by atoms with Gasteiger partial charge in [0.25, 0.3) is 10.0 Å². The Kier molecular flexibility index (Phi) is 8.99. The molecular formula is C28H32ClN3O4S. The fourth-order valence-corrected chi connectivity index (χ4v) is 5.23. The van der Waals surface area contributed by atoms with E-state index >= 15 is 0 Å². The van der Waals surface area contributed by atoms with Crippen LogP contribution in [0.4, 0.5) is 5.69 Å². The van der Waals surface area contributed by atoms with Crippen LogP contribution in [0.25, 0.3) is 0 Å². The molecule has 3 aromatic rings. The molecule has 37 heavy (non-hydrogen) atoms. The minimum atomic E-state index is -4.12. The van der Waals surface area contributed by atoms with E-state index in [0.29, 0.717) is 10.7 Å². The summed E-state index contributed by atoms with van der Waals surface area (Å²) in [5, 5.41) is 3.31. The Morgan fingerprint density at radius 1 is 0.892 bits per heavy atom. The average Bonchev–Trinajstić information content (AvgIpc) is 2.85. The summed E-state index contributed by atoms with van der Waals surface area (Å²) < 4.78 is 28.4. The van der Waals surface area contributed by atoms with Crippen molar-refractivity contribution < 1.29 is 18.0 Å². The van der Waals surface area contributed by atoms with Gasteiger partial charge in [0.2, 0.25) is 11.8 Å². The lowest BCUT2D eigenvalue weighted by molar-refractivity contribution is -0.140. The first-order valence-corrected chi connectivity index (χ1v) is 13.7. The zero-order chi connectivity index (χ0) is 27.2. The molecule has 0 unspecified atom stereocenters. The molecule has 9 heteroatoms. The van der Waals surface area contributed by atoms with Crippen molar-refractivity contribution in [3.05, 3.63) is 95.5 Å². The van der Waals surface area contributed by atoms with Gasteiger partial charge in [-0.2, -0.15) is 0 Å². The van der Waals surface area contributed by atoms with E-state index in [9.17, 15) is 18.0 Å². The highest BCUT2D eigenvalue weighted by molar-refractivity contribution is 7.92. The van der Waals surface area contributed by atoms with E-state index in [1.807, 2.05) is 51.1 Å². The molecule has 0 saturated heterocycles. The molecule has 0 aliphatic rings. The highest BCUT2D eigenvalue weighted by Crippen LogP contribution is 2.25. The number of rotatable bonds is 9. The molecule has 0 spiro atoms. The fourth-order valence-electron chi connectivity index (χ4n) is 3.69. The van der Waals surface area contributed by atoms with Gasteiger partial charge in [0.1, 0.15) is 12.6 Å². The highest BCUT2D eigenvalue weighted by atomic mass is 35.5. The van der Waals surface area contributed by atoms with Crippen LogP contribution in [0.15, 0.2) is 89.8 Å². The Labute approximate surface area is 224 Å². The maximum absolute atomic E-state index is 13.8. The fraction of sp³-hybridized carbons (Fsp3) is 0.286. The van der Waals surface area contributed by atoms with Gasteiger partial charge < -0.3 is 10.2 Å². The van der Waals surface area contributed by atoms with Crippen molar-refractivity contribution in [2.45, 2.75) is 50.7 Å². The van der Waals surface area contributed by atoms with Crippen molar-refractivity contribution in [1.82, 2.24) is 10.2 Å². The molecule has 3 rings (SSSR count). The molecule has 0 aliphatic heterocycles. The molecule has 0 aromatic heterocycles. The molecule has 0 radical (unpaired) electrons. The summed E-state index contributed by atoms with van der Waals surface area (Å²) in [4.78, 5) is 28.3. The second kappa shape index (κ2) is 11.8. The normalized spacial score (nSPS) is 12.5. The first-order chi connectivity index (χ1) is 17.4. The number of hydrogen-bond acceptors (Lipinski definition) is 4. The summed E-state index contributed by atoms with van der Waals surface area (Å²) in [5.74, 6) is -0.842. The maximum Gasteiger partial charge on any atom is 0.264 e. The van der Waals surface area contributed by atoms with Gasteiger partial charge in [-0.15, -0.1) is 0 Å². The number of benzene rings is 3. The molecule has 0 bridgehead atoms. The van der Waals surface area contributed by atoms with Gasteiger partial charge >= 0.3 is 0 Å². The summed E-state index contributed by atoms with van der Waals surface area (Å²) in [5.41, 5.74) is 0.649. The van der Waals surface area contributed by atoms with Crippen molar-refractivity contribution in [2.24, 2.45) is 0 Å². The molecule has 1 atom stereocenters. The Balaban J connectivity index is 1.99. The number of nitrogens with zero attached hydrogens (tertiary/aromatic N) is 2. The van der Waals surface area contributed by atoms with Gasteiger partial charge in [-0.25, -0.2) is 8.42 Å². The van der Waals surface area contributed by atoms with Gasteiger partial charge in [-0.05, 0) is 69.7 Å². The minimum absolute atomic E-state index is 0.00156. The highest BCUT2D eigenvalue weighted by Gasteiger charge is 2.33. The van der Waals surface area contributed by atoms with Crippen LogP contribution >= 0.6 is 11.6 Å². The van der Waals surface area contributed by atoms with E-state index in [-0.39, 0.29) is 17.3 Å². The van der Waals surface area contributed by atoms with Crippen LogP contribution in [-0.4, -0.2) is 43.3 Å². The summed E-state index contributed by atoms with van der Waals surface area (Å²) in [6.07, 6.45) is 0. The first kappa shape index (κ1) is 28.2. The number of anilines is 1. The molecule has 3 aromatic carbocycles. The Morgan fingerprint density at radius 3 is 1.97 bits per heavy atom. The Bertz CT molecular complexity index is 1310. The molecule has 2 amide bonds. The second-order valence-corrected chi connectivity index (χ2v) is 12.0. The number of nitrogens with one attached hydrogen (secondary N) is 1. The molecule has 196 valence electrons. The third-order valence-corrected chi connectivity index (χ3v) is 7.63. The van der Waals surface area contributed by atoms with Crippen LogP contribution in [0.1, 0.15) is 33.3 Å². The number of hydrogen-bond donors (Lipinski definition) is 1. The van der Waals surface area contributed by atoms with Gasteiger partial charge in [-0.3, -0.25) is 13.9 Å². The molecule has 0 aliphatic carbocycles. The summed E-state index contributed by atoms with van der Waals surface area (Å²) in [7, 11) is -4.12. The smallest absolute Gasteiger partial charge is 0.264 e. The Morgan fingerprint density at radius 2 is 1.43 bits per heavy atom. The van der Waals surface area contributed by atoms with E-state index in [0.717, 1.165) is 9.87 Å². The largest absolute Gasteiger partial charge is 0.350 e. The predicted molar refractivity (Wildman–Crippen MR) is 147 cm³/mol. The van der Waals surface area contributed by atoms with Crippen molar-refractivity contribution in [3.63, 3.8) is 0 Å². The van der Waals surface area contributed by atoms with Crippen molar-refractivity contribution in [1.29, 1.82) is 0 Å². The van der Waals surface area contributed by atoms with Crippen LogP contribution in [0.2, 0.25) is 5.02 Å². The molecule has 0 heterocycles. The third kappa shape index (κ3) is 7.57. The topological polar surface area (TPSA) is 86.8 Å². The number of carbonyl (C=O) groups excluding carboxylic acids is 2. The molecule has 1 N–H and O–H groups in total. The zero-order valence-corrected chi connectivity index (χ0v) is 23.0. The summed E-state index contributed by atoms with van der Waals surface area (Å²) in [6.45, 7) is 6.86. The lowest BCUT2D eigenvalue weighted by Gasteiger charge is -2.33. The van der Waals surface area contributed by atoms with Crippen molar-refractivity contribution >= 4 is 39.1 Å². The first-order valence-electron chi connectivity index (χ1n) is 11.9. The van der Waals surface area contributed by atoms with Crippen LogP contribution in [0.5, 0.6) is 0 Å².